The topological polar surface area (TPSA) is 55.0 Å². The lowest BCUT2D eigenvalue weighted by molar-refractivity contribution is 0.412. The van der Waals surface area contributed by atoms with Crippen molar-refractivity contribution < 1.29 is 4.74 Å². The highest BCUT2D eigenvalue weighted by Gasteiger charge is 2.13. The van der Waals surface area contributed by atoms with Gasteiger partial charge in [-0.25, -0.2) is 4.98 Å². The molecule has 0 atom stereocenters. The summed E-state index contributed by atoms with van der Waals surface area (Å²) in [5.74, 6) is 1.64. The maximum absolute atomic E-state index is 12.0. The van der Waals surface area contributed by atoms with Crippen molar-refractivity contribution in [1.82, 2.24) is 9.97 Å². The molecule has 0 aliphatic carbocycles. The Bertz CT molecular complexity index is 693. The summed E-state index contributed by atoms with van der Waals surface area (Å²) >= 11 is 2.05. The first-order chi connectivity index (χ1) is 9.43. The van der Waals surface area contributed by atoms with Gasteiger partial charge in [0.25, 0.3) is 5.56 Å². The third kappa shape index (κ3) is 2.87. The molecule has 106 valence electrons. The van der Waals surface area contributed by atoms with Gasteiger partial charge < -0.3 is 9.72 Å². The van der Waals surface area contributed by atoms with Gasteiger partial charge in [-0.3, -0.25) is 4.79 Å². The standard InChI is InChI=1S/C15H17IN2O2/c1-8(2)13-12(16)15(19)18-14(17-13)10-5-6-11(20-4)9(3)7-10/h5-8H,1-4H3,(H,17,18,19). The van der Waals surface area contributed by atoms with Crippen molar-refractivity contribution in [3.05, 3.63) is 43.4 Å². The lowest BCUT2D eigenvalue weighted by Gasteiger charge is -2.11. The van der Waals surface area contributed by atoms with E-state index >= 15 is 0 Å². The van der Waals surface area contributed by atoms with Gasteiger partial charge in [-0.1, -0.05) is 13.8 Å². The molecule has 0 saturated carbocycles. The molecule has 4 nitrogen and oxygen atoms in total. The van der Waals surface area contributed by atoms with Gasteiger partial charge >= 0.3 is 0 Å². The number of H-pyrrole nitrogens is 1. The van der Waals surface area contributed by atoms with Gasteiger partial charge in [-0.15, -0.1) is 0 Å². The van der Waals surface area contributed by atoms with Crippen LogP contribution >= 0.6 is 22.6 Å². The normalized spacial score (nSPS) is 10.9. The largest absolute Gasteiger partial charge is 0.496 e. The highest BCUT2D eigenvalue weighted by Crippen LogP contribution is 2.25. The molecule has 0 radical (unpaired) electrons. The Balaban J connectivity index is 2.58. The monoisotopic (exact) mass is 384 g/mol. The lowest BCUT2D eigenvalue weighted by Crippen LogP contribution is -2.17. The third-order valence-corrected chi connectivity index (χ3v) is 4.15. The second-order valence-corrected chi connectivity index (χ2v) is 6.03. The van der Waals surface area contributed by atoms with Crippen LogP contribution in [0.25, 0.3) is 11.4 Å². The number of ether oxygens (including phenoxy) is 1. The maximum atomic E-state index is 12.0. The van der Waals surface area contributed by atoms with Crippen LogP contribution in [0.4, 0.5) is 0 Å². The summed E-state index contributed by atoms with van der Waals surface area (Å²) in [6.45, 7) is 6.04. The van der Waals surface area contributed by atoms with E-state index in [-0.39, 0.29) is 11.5 Å². The minimum absolute atomic E-state index is 0.0900. The molecule has 20 heavy (non-hydrogen) atoms. The molecule has 0 amide bonds. The smallest absolute Gasteiger partial charge is 0.264 e. The van der Waals surface area contributed by atoms with Crippen LogP contribution in [0.5, 0.6) is 5.75 Å². The van der Waals surface area contributed by atoms with E-state index < -0.39 is 0 Å². The summed E-state index contributed by atoms with van der Waals surface area (Å²) in [5.41, 5.74) is 2.64. The number of hydrogen-bond donors (Lipinski definition) is 1. The Hall–Kier alpha value is -1.37. The number of nitrogens with zero attached hydrogens (tertiary/aromatic N) is 1. The predicted molar refractivity (Wildman–Crippen MR) is 88.4 cm³/mol. The summed E-state index contributed by atoms with van der Waals surface area (Å²) in [6, 6.07) is 5.76. The zero-order valence-electron chi connectivity index (χ0n) is 12.0. The summed E-state index contributed by atoms with van der Waals surface area (Å²) < 4.78 is 5.91. The first-order valence-electron chi connectivity index (χ1n) is 6.38. The van der Waals surface area contributed by atoms with Crippen LogP contribution in [0.15, 0.2) is 23.0 Å². The fourth-order valence-electron chi connectivity index (χ4n) is 2.02. The van der Waals surface area contributed by atoms with Crippen LogP contribution in [0.1, 0.15) is 31.0 Å². The second-order valence-electron chi connectivity index (χ2n) is 4.95. The van der Waals surface area contributed by atoms with Gasteiger partial charge in [0.15, 0.2) is 0 Å². The molecule has 0 spiro atoms. The molecule has 0 aliphatic rings. The highest BCUT2D eigenvalue weighted by molar-refractivity contribution is 14.1. The predicted octanol–water partition coefficient (Wildman–Crippen LogP) is 3.48. The molecule has 1 heterocycles. The van der Waals surface area contributed by atoms with Crippen LogP contribution in [0, 0.1) is 10.5 Å². The number of nitrogens with one attached hydrogen (secondary N) is 1. The Labute approximate surface area is 131 Å². The molecular formula is C15H17IN2O2. The fourth-order valence-corrected chi connectivity index (χ4v) is 2.90. The average Bonchev–Trinajstić information content (AvgIpc) is 2.41. The fraction of sp³-hybridized carbons (Fsp3) is 0.333. The summed E-state index contributed by atoms with van der Waals surface area (Å²) in [6.07, 6.45) is 0. The van der Waals surface area contributed by atoms with E-state index in [1.54, 1.807) is 7.11 Å². The highest BCUT2D eigenvalue weighted by atomic mass is 127. The van der Waals surface area contributed by atoms with Gasteiger partial charge in [0.05, 0.1) is 16.4 Å². The lowest BCUT2D eigenvalue weighted by atomic mass is 10.1. The Morgan fingerprint density at radius 3 is 2.60 bits per heavy atom. The molecule has 1 N–H and O–H groups in total. The molecule has 0 fully saturated rings. The van der Waals surface area contributed by atoms with Gasteiger partial charge in [-0.2, -0.15) is 0 Å². The quantitative estimate of drug-likeness (QED) is 0.825. The molecule has 0 unspecified atom stereocenters. The van der Waals surface area contributed by atoms with Crippen molar-refractivity contribution >= 4 is 22.6 Å². The number of hydrogen-bond acceptors (Lipinski definition) is 3. The van der Waals surface area contributed by atoms with Gasteiger partial charge in [-0.05, 0) is 59.2 Å². The second kappa shape index (κ2) is 5.95. The zero-order valence-corrected chi connectivity index (χ0v) is 14.1. The Morgan fingerprint density at radius 2 is 2.05 bits per heavy atom. The van der Waals surface area contributed by atoms with E-state index in [0.717, 1.165) is 22.6 Å². The van der Waals surface area contributed by atoms with Gasteiger partial charge in [0, 0.05) is 5.56 Å². The van der Waals surface area contributed by atoms with E-state index in [9.17, 15) is 4.79 Å². The number of halogens is 1. The number of benzene rings is 1. The van der Waals surface area contributed by atoms with E-state index in [2.05, 4.69) is 9.97 Å². The van der Waals surface area contributed by atoms with E-state index in [1.807, 2.05) is 61.6 Å². The maximum Gasteiger partial charge on any atom is 0.264 e. The Morgan fingerprint density at radius 1 is 1.35 bits per heavy atom. The van der Waals surface area contributed by atoms with Crippen molar-refractivity contribution in [2.75, 3.05) is 7.11 Å². The van der Waals surface area contributed by atoms with Crippen molar-refractivity contribution in [3.63, 3.8) is 0 Å². The molecule has 1 aromatic heterocycles. The molecule has 1 aromatic carbocycles. The number of rotatable bonds is 3. The van der Waals surface area contributed by atoms with Crippen LogP contribution in [-0.4, -0.2) is 17.1 Å². The zero-order chi connectivity index (χ0) is 14.9. The molecule has 5 heteroatoms. The molecule has 2 aromatic rings. The molecule has 0 aliphatic heterocycles. The van der Waals surface area contributed by atoms with E-state index in [4.69, 9.17) is 4.74 Å². The first-order valence-corrected chi connectivity index (χ1v) is 7.46. The van der Waals surface area contributed by atoms with Gasteiger partial charge in [0.2, 0.25) is 0 Å². The van der Waals surface area contributed by atoms with Crippen molar-refractivity contribution in [2.45, 2.75) is 26.7 Å². The van der Waals surface area contributed by atoms with E-state index in [0.29, 0.717) is 9.39 Å². The molecular weight excluding hydrogens is 367 g/mol. The molecule has 0 bridgehead atoms. The molecule has 2 rings (SSSR count). The summed E-state index contributed by atoms with van der Waals surface area (Å²) in [5, 5.41) is 0. The number of aryl methyl sites for hydroxylation is 1. The summed E-state index contributed by atoms with van der Waals surface area (Å²) in [4.78, 5) is 19.5. The Kier molecular flexibility index (Phi) is 4.47. The van der Waals surface area contributed by atoms with E-state index in [1.165, 1.54) is 0 Å². The number of methoxy groups -OCH3 is 1. The minimum Gasteiger partial charge on any atom is -0.496 e. The third-order valence-electron chi connectivity index (χ3n) is 3.10. The number of aromatic nitrogens is 2. The van der Waals surface area contributed by atoms with Crippen molar-refractivity contribution in [2.24, 2.45) is 0 Å². The van der Waals surface area contributed by atoms with Crippen LogP contribution in [0.2, 0.25) is 0 Å². The summed E-state index contributed by atoms with van der Waals surface area (Å²) in [7, 11) is 1.64. The first kappa shape index (κ1) is 15.0. The number of aromatic amines is 1. The average molecular weight is 384 g/mol. The van der Waals surface area contributed by atoms with Crippen molar-refractivity contribution in [3.8, 4) is 17.1 Å². The SMILES string of the molecule is COc1ccc(-c2nc(C(C)C)c(I)c(=O)[nH]2)cc1C. The van der Waals surface area contributed by atoms with Gasteiger partial charge in [0.1, 0.15) is 11.6 Å². The van der Waals surface area contributed by atoms with Crippen LogP contribution < -0.4 is 10.3 Å². The molecule has 0 saturated heterocycles. The minimum atomic E-state index is -0.0900. The van der Waals surface area contributed by atoms with Crippen LogP contribution in [0.3, 0.4) is 0 Å². The van der Waals surface area contributed by atoms with Crippen molar-refractivity contribution in [1.29, 1.82) is 0 Å². The van der Waals surface area contributed by atoms with Crippen LogP contribution in [-0.2, 0) is 0 Å².